The summed E-state index contributed by atoms with van der Waals surface area (Å²) >= 11 is 0. The summed E-state index contributed by atoms with van der Waals surface area (Å²) in [7, 11) is 0. The molecule has 0 spiro atoms. The Balaban J connectivity index is 1.62. The summed E-state index contributed by atoms with van der Waals surface area (Å²) in [5.74, 6) is 1.10. The third-order valence-corrected chi connectivity index (χ3v) is 3.94. The van der Waals surface area contributed by atoms with Gasteiger partial charge in [-0.05, 0) is 33.2 Å². The largest absolute Gasteiger partial charge is 0.388 e. The maximum atomic E-state index is 10.8. The molecule has 0 saturated carbocycles. The molecule has 0 aliphatic carbocycles. The second-order valence-corrected chi connectivity index (χ2v) is 5.98. The fraction of sp³-hybridized carbons (Fsp3) is 0.714. The molecule has 1 aliphatic heterocycles. The predicted octanol–water partition coefficient (Wildman–Crippen LogP) is 0.559. The highest BCUT2D eigenvalue weighted by Gasteiger charge is 2.35. The third kappa shape index (κ3) is 3.50. The van der Waals surface area contributed by atoms with Gasteiger partial charge in [0.15, 0.2) is 5.82 Å². The molecule has 1 N–H and O–H groups in total. The van der Waals surface area contributed by atoms with Crippen molar-refractivity contribution in [1.29, 1.82) is 0 Å². The molecule has 8 nitrogen and oxygen atoms in total. The van der Waals surface area contributed by atoms with Crippen molar-refractivity contribution in [1.82, 2.24) is 30.0 Å². The van der Waals surface area contributed by atoms with Gasteiger partial charge in [0.2, 0.25) is 5.89 Å². The van der Waals surface area contributed by atoms with Crippen LogP contribution in [0.15, 0.2) is 10.7 Å². The van der Waals surface area contributed by atoms with Crippen LogP contribution in [0.25, 0.3) is 0 Å². The second kappa shape index (κ2) is 6.13. The van der Waals surface area contributed by atoms with E-state index in [1.54, 1.807) is 17.9 Å². The van der Waals surface area contributed by atoms with Gasteiger partial charge in [-0.25, -0.2) is 0 Å². The zero-order chi connectivity index (χ0) is 15.6. The van der Waals surface area contributed by atoms with Gasteiger partial charge in [0.1, 0.15) is 0 Å². The molecule has 3 rings (SSSR count). The van der Waals surface area contributed by atoms with Gasteiger partial charge in [-0.2, -0.15) is 20.0 Å². The molecule has 1 saturated heterocycles. The number of hydrogen-bond acceptors (Lipinski definition) is 7. The maximum Gasteiger partial charge on any atom is 0.229 e. The molecule has 0 amide bonds. The second-order valence-electron chi connectivity index (χ2n) is 5.98. The van der Waals surface area contributed by atoms with Gasteiger partial charge in [0, 0.05) is 13.1 Å². The van der Waals surface area contributed by atoms with E-state index in [9.17, 15) is 5.11 Å². The van der Waals surface area contributed by atoms with Gasteiger partial charge < -0.3 is 9.63 Å². The van der Waals surface area contributed by atoms with Crippen LogP contribution in [0.2, 0.25) is 0 Å². The first kappa shape index (κ1) is 15.1. The van der Waals surface area contributed by atoms with Crippen LogP contribution in [-0.4, -0.2) is 53.8 Å². The van der Waals surface area contributed by atoms with Gasteiger partial charge in [-0.15, -0.1) is 0 Å². The molecule has 3 heterocycles. The Bertz CT molecular complexity index is 624. The zero-order valence-corrected chi connectivity index (χ0v) is 13.1. The molecule has 1 unspecified atom stereocenters. The van der Waals surface area contributed by atoms with E-state index in [1.165, 1.54) is 0 Å². The lowest BCUT2D eigenvalue weighted by Crippen LogP contribution is -2.49. The number of likely N-dealkylation sites (tertiary alicyclic amines) is 1. The van der Waals surface area contributed by atoms with E-state index in [0.29, 0.717) is 31.2 Å². The Labute approximate surface area is 129 Å². The SMILES string of the molecule is CCn1ncc(CN2CCCC(O)(Cc3nc(C)no3)C2)n1. The standard InChI is InChI=1S/C14H22N6O2/c1-3-20-15-8-12(17-20)9-19-6-4-5-14(21,10-19)7-13-16-11(2)18-22-13/h8,21H,3-7,9-10H2,1-2H3. The summed E-state index contributed by atoms with van der Waals surface area (Å²) in [5.41, 5.74) is 0.109. The average molecular weight is 306 g/mol. The van der Waals surface area contributed by atoms with Gasteiger partial charge in [-0.3, -0.25) is 4.90 Å². The highest BCUT2D eigenvalue weighted by atomic mass is 16.5. The van der Waals surface area contributed by atoms with E-state index < -0.39 is 5.60 Å². The number of nitrogens with zero attached hydrogens (tertiary/aromatic N) is 6. The Morgan fingerprint density at radius 1 is 1.45 bits per heavy atom. The quantitative estimate of drug-likeness (QED) is 0.862. The molecule has 1 atom stereocenters. The molecule has 1 aliphatic rings. The van der Waals surface area contributed by atoms with Crippen molar-refractivity contribution in [2.45, 2.75) is 51.8 Å². The normalized spacial score (nSPS) is 23.0. The Kier molecular flexibility index (Phi) is 4.21. The van der Waals surface area contributed by atoms with Crippen molar-refractivity contribution in [3.8, 4) is 0 Å². The van der Waals surface area contributed by atoms with E-state index >= 15 is 0 Å². The van der Waals surface area contributed by atoms with Crippen LogP contribution in [0.5, 0.6) is 0 Å². The maximum absolute atomic E-state index is 10.8. The number of piperidine rings is 1. The average Bonchev–Trinajstić information content (AvgIpc) is 3.07. The van der Waals surface area contributed by atoms with E-state index in [1.807, 2.05) is 6.92 Å². The number of aryl methyl sites for hydroxylation is 2. The van der Waals surface area contributed by atoms with Crippen LogP contribution < -0.4 is 0 Å². The summed E-state index contributed by atoms with van der Waals surface area (Å²) in [6.45, 7) is 6.78. The highest BCUT2D eigenvalue weighted by Crippen LogP contribution is 2.25. The minimum Gasteiger partial charge on any atom is -0.388 e. The van der Waals surface area contributed by atoms with Crippen LogP contribution in [0.4, 0.5) is 0 Å². The van der Waals surface area contributed by atoms with Crippen LogP contribution in [-0.2, 0) is 19.5 Å². The first-order valence-corrected chi connectivity index (χ1v) is 7.69. The first-order chi connectivity index (χ1) is 10.6. The van der Waals surface area contributed by atoms with E-state index in [4.69, 9.17) is 4.52 Å². The monoisotopic (exact) mass is 306 g/mol. The van der Waals surface area contributed by atoms with Crippen molar-refractivity contribution in [3.05, 3.63) is 23.6 Å². The molecule has 0 bridgehead atoms. The summed E-state index contributed by atoms with van der Waals surface area (Å²) in [6.07, 6.45) is 3.86. The van der Waals surface area contributed by atoms with Crippen molar-refractivity contribution < 1.29 is 9.63 Å². The molecule has 0 radical (unpaired) electrons. The minimum absolute atomic E-state index is 0.395. The fourth-order valence-corrected chi connectivity index (χ4v) is 2.97. The van der Waals surface area contributed by atoms with Crippen molar-refractivity contribution in [2.75, 3.05) is 13.1 Å². The molecule has 2 aromatic heterocycles. The van der Waals surface area contributed by atoms with Gasteiger partial charge in [0.25, 0.3) is 0 Å². The smallest absolute Gasteiger partial charge is 0.229 e. The third-order valence-electron chi connectivity index (χ3n) is 3.94. The summed E-state index contributed by atoms with van der Waals surface area (Å²) in [6, 6.07) is 0. The number of β-amino-alcohol motifs (C(OH)–C–C–N with tert-alkyl or cyclic N) is 1. The minimum atomic E-state index is -0.821. The van der Waals surface area contributed by atoms with Crippen LogP contribution >= 0.6 is 0 Å². The molecular formula is C14H22N6O2. The van der Waals surface area contributed by atoms with Gasteiger partial charge in [-0.1, -0.05) is 5.16 Å². The Morgan fingerprint density at radius 2 is 2.32 bits per heavy atom. The molecule has 120 valence electrons. The number of rotatable bonds is 5. The number of aliphatic hydroxyl groups is 1. The van der Waals surface area contributed by atoms with E-state index in [2.05, 4.69) is 25.2 Å². The van der Waals surface area contributed by atoms with Crippen LogP contribution in [0.1, 0.15) is 37.2 Å². The van der Waals surface area contributed by atoms with Crippen molar-refractivity contribution in [2.24, 2.45) is 0 Å². The van der Waals surface area contributed by atoms with Crippen LogP contribution in [0, 0.1) is 6.92 Å². The fourth-order valence-electron chi connectivity index (χ4n) is 2.97. The summed E-state index contributed by atoms with van der Waals surface area (Å²) in [4.78, 5) is 8.07. The summed E-state index contributed by atoms with van der Waals surface area (Å²) < 4.78 is 5.14. The van der Waals surface area contributed by atoms with E-state index in [0.717, 1.165) is 31.6 Å². The molecule has 22 heavy (non-hydrogen) atoms. The lowest BCUT2D eigenvalue weighted by Gasteiger charge is -2.38. The topological polar surface area (TPSA) is 93.1 Å². The number of hydrogen-bond donors (Lipinski definition) is 1. The Hall–Kier alpha value is -1.80. The first-order valence-electron chi connectivity index (χ1n) is 7.69. The van der Waals surface area contributed by atoms with Crippen molar-refractivity contribution >= 4 is 0 Å². The Morgan fingerprint density at radius 3 is 3.00 bits per heavy atom. The lowest BCUT2D eigenvalue weighted by atomic mass is 9.89. The zero-order valence-electron chi connectivity index (χ0n) is 13.1. The molecule has 1 fully saturated rings. The van der Waals surface area contributed by atoms with Crippen LogP contribution in [0.3, 0.4) is 0 Å². The molecule has 8 heteroatoms. The van der Waals surface area contributed by atoms with Gasteiger partial charge in [0.05, 0.1) is 30.5 Å². The van der Waals surface area contributed by atoms with Gasteiger partial charge >= 0.3 is 0 Å². The molecule has 0 aromatic carbocycles. The molecule has 2 aromatic rings. The number of aromatic nitrogens is 5. The lowest BCUT2D eigenvalue weighted by molar-refractivity contribution is -0.0376. The predicted molar refractivity (Wildman–Crippen MR) is 77.9 cm³/mol. The van der Waals surface area contributed by atoms with Crippen molar-refractivity contribution in [3.63, 3.8) is 0 Å². The summed E-state index contributed by atoms with van der Waals surface area (Å²) in [5, 5.41) is 23.2. The molecular weight excluding hydrogens is 284 g/mol. The highest BCUT2D eigenvalue weighted by molar-refractivity contribution is 4.98. The van der Waals surface area contributed by atoms with E-state index in [-0.39, 0.29) is 0 Å².